The second-order valence-electron chi connectivity index (χ2n) is 5.00. The summed E-state index contributed by atoms with van der Waals surface area (Å²) in [6, 6.07) is 3.98. The minimum Gasteiger partial charge on any atom is -0.482 e. The summed E-state index contributed by atoms with van der Waals surface area (Å²) in [5, 5.41) is 2.86. The zero-order valence-corrected chi connectivity index (χ0v) is 12.9. The molecule has 0 aliphatic rings. The first-order valence-electron chi connectivity index (χ1n) is 6.52. The van der Waals surface area contributed by atoms with Crippen molar-refractivity contribution in [3.63, 3.8) is 0 Å². The summed E-state index contributed by atoms with van der Waals surface area (Å²) in [6.07, 6.45) is 0.669. The average Bonchev–Trinajstić information content (AvgIpc) is 2.42. The van der Waals surface area contributed by atoms with E-state index in [0.717, 1.165) is 0 Å². The first-order chi connectivity index (χ1) is 9.85. The molecule has 21 heavy (non-hydrogen) atoms. The number of rotatable bonds is 7. The van der Waals surface area contributed by atoms with E-state index >= 15 is 0 Å². The number of aldehydes is 1. The summed E-state index contributed by atoms with van der Waals surface area (Å²) in [7, 11) is 0. The molecular formula is C15H18ClNO4. The lowest BCUT2D eigenvalue weighted by molar-refractivity contribution is -0.129. The van der Waals surface area contributed by atoms with E-state index in [-0.39, 0.29) is 23.3 Å². The number of carbonyl (C=O) groups excluding carboxylic acids is 3. The molecule has 1 unspecified atom stereocenters. The van der Waals surface area contributed by atoms with E-state index in [9.17, 15) is 14.4 Å². The second-order valence-corrected chi connectivity index (χ2v) is 5.40. The molecular weight excluding hydrogens is 294 g/mol. The van der Waals surface area contributed by atoms with Crippen LogP contribution in [0.25, 0.3) is 0 Å². The van der Waals surface area contributed by atoms with Gasteiger partial charge in [-0.25, -0.2) is 0 Å². The van der Waals surface area contributed by atoms with Gasteiger partial charge in [-0.1, -0.05) is 25.4 Å². The molecule has 0 aliphatic heterocycles. The monoisotopic (exact) mass is 311 g/mol. The maximum absolute atomic E-state index is 11.8. The number of amides is 1. The highest BCUT2D eigenvalue weighted by Crippen LogP contribution is 2.24. The van der Waals surface area contributed by atoms with Gasteiger partial charge in [0.15, 0.2) is 12.4 Å². The SMILES string of the molecule is CC(=O)C(NC(=O)COc1ccc(C=O)cc1Cl)C(C)C. The third-order valence-electron chi connectivity index (χ3n) is 2.87. The molecule has 0 saturated heterocycles. The summed E-state index contributed by atoms with van der Waals surface area (Å²) in [5.41, 5.74) is 0.424. The Bertz CT molecular complexity index is 542. The Hall–Kier alpha value is -1.88. The van der Waals surface area contributed by atoms with Crippen molar-refractivity contribution in [3.8, 4) is 5.75 Å². The van der Waals surface area contributed by atoms with Crippen molar-refractivity contribution in [1.82, 2.24) is 5.32 Å². The molecule has 0 saturated carbocycles. The van der Waals surface area contributed by atoms with Crippen LogP contribution in [0.2, 0.25) is 5.02 Å². The Morgan fingerprint density at radius 1 is 1.38 bits per heavy atom. The fourth-order valence-electron chi connectivity index (χ4n) is 1.80. The molecule has 1 aromatic rings. The number of ether oxygens (including phenoxy) is 1. The van der Waals surface area contributed by atoms with Crippen molar-refractivity contribution in [2.75, 3.05) is 6.61 Å². The number of nitrogens with one attached hydrogen (secondary N) is 1. The zero-order valence-electron chi connectivity index (χ0n) is 12.2. The maximum Gasteiger partial charge on any atom is 0.258 e. The van der Waals surface area contributed by atoms with Gasteiger partial charge in [0.1, 0.15) is 12.0 Å². The number of ketones is 1. The number of hydrogen-bond acceptors (Lipinski definition) is 4. The highest BCUT2D eigenvalue weighted by molar-refractivity contribution is 6.32. The highest BCUT2D eigenvalue weighted by atomic mass is 35.5. The Morgan fingerprint density at radius 3 is 2.52 bits per heavy atom. The third-order valence-corrected chi connectivity index (χ3v) is 3.17. The van der Waals surface area contributed by atoms with Crippen molar-refractivity contribution in [1.29, 1.82) is 0 Å². The molecule has 5 nitrogen and oxygen atoms in total. The molecule has 1 rings (SSSR count). The lowest BCUT2D eigenvalue weighted by Crippen LogP contribution is -2.45. The molecule has 0 fully saturated rings. The number of benzene rings is 1. The van der Waals surface area contributed by atoms with Gasteiger partial charge in [-0.15, -0.1) is 0 Å². The zero-order chi connectivity index (χ0) is 16.0. The molecule has 0 bridgehead atoms. The van der Waals surface area contributed by atoms with Gasteiger partial charge in [-0.2, -0.15) is 0 Å². The predicted octanol–water partition coefficient (Wildman–Crippen LogP) is 2.26. The van der Waals surface area contributed by atoms with Gasteiger partial charge < -0.3 is 10.1 Å². The highest BCUT2D eigenvalue weighted by Gasteiger charge is 2.20. The lowest BCUT2D eigenvalue weighted by Gasteiger charge is -2.19. The van der Waals surface area contributed by atoms with Crippen LogP contribution in [0.4, 0.5) is 0 Å². The molecule has 0 aliphatic carbocycles. The van der Waals surface area contributed by atoms with E-state index < -0.39 is 11.9 Å². The van der Waals surface area contributed by atoms with Gasteiger partial charge in [-0.3, -0.25) is 14.4 Å². The number of halogens is 1. The third kappa shape index (κ3) is 5.19. The van der Waals surface area contributed by atoms with Crippen LogP contribution in [0, 0.1) is 5.92 Å². The van der Waals surface area contributed by atoms with Crippen LogP contribution in [0.3, 0.4) is 0 Å². The standard InChI is InChI=1S/C15H18ClNO4/c1-9(2)15(10(3)19)17-14(20)8-21-13-5-4-11(7-18)6-12(13)16/h4-7,9,15H,8H2,1-3H3,(H,17,20). The van der Waals surface area contributed by atoms with Gasteiger partial charge in [0.05, 0.1) is 11.1 Å². The lowest BCUT2D eigenvalue weighted by atomic mass is 10.0. The Labute approximate surface area is 128 Å². The number of Topliss-reactive ketones (excluding diaryl/α,β-unsaturated/α-hetero) is 1. The van der Waals surface area contributed by atoms with Crippen molar-refractivity contribution < 1.29 is 19.1 Å². The van der Waals surface area contributed by atoms with E-state index in [4.69, 9.17) is 16.3 Å². The Balaban J connectivity index is 2.60. The summed E-state index contributed by atoms with van der Waals surface area (Å²) < 4.78 is 5.29. The van der Waals surface area contributed by atoms with E-state index in [0.29, 0.717) is 17.6 Å². The molecule has 114 valence electrons. The first kappa shape index (κ1) is 17.2. The minimum absolute atomic E-state index is 0.00177. The summed E-state index contributed by atoms with van der Waals surface area (Å²) >= 11 is 5.93. The summed E-state index contributed by atoms with van der Waals surface area (Å²) in [4.78, 5) is 33.8. The first-order valence-corrected chi connectivity index (χ1v) is 6.90. The summed E-state index contributed by atoms with van der Waals surface area (Å²) in [6.45, 7) is 4.88. The summed E-state index contributed by atoms with van der Waals surface area (Å²) in [5.74, 6) is -0.200. The molecule has 6 heteroatoms. The van der Waals surface area contributed by atoms with Crippen molar-refractivity contribution in [2.45, 2.75) is 26.8 Å². The van der Waals surface area contributed by atoms with Crippen molar-refractivity contribution >= 4 is 29.6 Å². The van der Waals surface area contributed by atoms with E-state index in [1.807, 2.05) is 13.8 Å². The van der Waals surface area contributed by atoms with Crippen molar-refractivity contribution in [3.05, 3.63) is 28.8 Å². The molecule has 1 amide bonds. The van der Waals surface area contributed by atoms with Gasteiger partial charge in [0, 0.05) is 5.56 Å². The Morgan fingerprint density at radius 2 is 2.05 bits per heavy atom. The largest absolute Gasteiger partial charge is 0.482 e. The van der Waals surface area contributed by atoms with Crippen LogP contribution in [-0.4, -0.2) is 30.6 Å². The predicted molar refractivity (Wildman–Crippen MR) is 79.8 cm³/mol. The fraction of sp³-hybridized carbons (Fsp3) is 0.400. The number of carbonyl (C=O) groups is 3. The van der Waals surface area contributed by atoms with Gasteiger partial charge in [0.2, 0.25) is 0 Å². The Kier molecular flexibility index (Phi) is 6.37. The maximum atomic E-state index is 11.8. The minimum atomic E-state index is -0.533. The van der Waals surface area contributed by atoms with Crippen LogP contribution in [0.1, 0.15) is 31.1 Å². The number of hydrogen-bond donors (Lipinski definition) is 1. The van der Waals surface area contributed by atoms with Crippen LogP contribution in [-0.2, 0) is 9.59 Å². The second kappa shape index (κ2) is 7.78. The molecule has 1 aromatic carbocycles. The average molecular weight is 312 g/mol. The quantitative estimate of drug-likeness (QED) is 0.784. The van der Waals surface area contributed by atoms with Crippen molar-refractivity contribution in [2.24, 2.45) is 5.92 Å². The molecule has 0 radical (unpaired) electrons. The van der Waals surface area contributed by atoms with E-state index in [2.05, 4.69) is 5.32 Å². The molecule has 1 N–H and O–H groups in total. The molecule has 0 heterocycles. The molecule has 0 spiro atoms. The van der Waals surface area contributed by atoms with Crippen LogP contribution in [0.5, 0.6) is 5.75 Å². The fourth-order valence-corrected chi connectivity index (χ4v) is 2.05. The van der Waals surface area contributed by atoms with Gasteiger partial charge >= 0.3 is 0 Å². The van der Waals surface area contributed by atoms with Crippen LogP contribution in [0.15, 0.2) is 18.2 Å². The van der Waals surface area contributed by atoms with Crippen LogP contribution >= 0.6 is 11.6 Å². The smallest absolute Gasteiger partial charge is 0.258 e. The van der Waals surface area contributed by atoms with E-state index in [1.54, 1.807) is 6.07 Å². The molecule has 1 atom stereocenters. The van der Waals surface area contributed by atoms with Gasteiger partial charge in [0.25, 0.3) is 5.91 Å². The van der Waals surface area contributed by atoms with Gasteiger partial charge in [-0.05, 0) is 31.0 Å². The topological polar surface area (TPSA) is 72.5 Å². The molecule has 0 aromatic heterocycles. The normalized spacial score (nSPS) is 11.9. The van der Waals surface area contributed by atoms with Crippen LogP contribution < -0.4 is 10.1 Å². The van der Waals surface area contributed by atoms with E-state index in [1.165, 1.54) is 19.1 Å².